The van der Waals surface area contributed by atoms with Gasteiger partial charge in [-0.15, -0.1) is 0 Å². The summed E-state index contributed by atoms with van der Waals surface area (Å²) in [5.74, 6) is 1.39. The molecule has 1 aromatic carbocycles. The molecule has 1 N–H and O–H groups in total. The minimum absolute atomic E-state index is 0.0596. The second kappa shape index (κ2) is 9.00. The number of carbonyl (C=O) groups excluding carboxylic acids is 1. The van der Waals surface area contributed by atoms with Gasteiger partial charge in [0.05, 0.1) is 5.02 Å². The minimum Gasteiger partial charge on any atom is -0.423 e. The predicted octanol–water partition coefficient (Wildman–Crippen LogP) is 4.80. The molecule has 0 saturated heterocycles. The smallest absolute Gasteiger partial charge is 0.321 e. The van der Waals surface area contributed by atoms with Gasteiger partial charge < -0.3 is 10.1 Å². The molecule has 6 heteroatoms. The molecule has 3 rings (SSSR count). The Hall–Kier alpha value is -2.40. The van der Waals surface area contributed by atoms with E-state index >= 15 is 0 Å². The van der Waals surface area contributed by atoms with Crippen LogP contribution < -0.4 is 10.1 Å². The van der Waals surface area contributed by atoms with Crippen LogP contribution in [0.5, 0.6) is 11.8 Å². The molecule has 1 saturated carbocycles. The summed E-state index contributed by atoms with van der Waals surface area (Å²) in [5, 5.41) is 3.35. The number of halogens is 1. The standard InChI is InChI=1S/C21H24ClN3O2/c1-14(25-15(2)26)3-4-18-12-23-21(24-13-18)27-20-10-9-17(11-19(20)22)8-7-16-5-6-16/h3-4,9-14,16H,5-8H2,1-2H3,(H,25,26)/b4-3+/t14-/m0/s1. The summed E-state index contributed by atoms with van der Waals surface area (Å²) in [6.07, 6.45) is 12.1. The fraction of sp³-hybridized carbons (Fsp3) is 0.381. The monoisotopic (exact) mass is 385 g/mol. The third kappa shape index (κ3) is 6.36. The van der Waals surface area contributed by atoms with Gasteiger partial charge in [0.25, 0.3) is 0 Å². The van der Waals surface area contributed by atoms with Crippen molar-refractivity contribution in [2.24, 2.45) is 5.92 Å². The molecule has 142 valence electrons. The van der Waals surface area contributed by atoms with E-state index in [0.717, 1.165) is 17.9 Å². The van der Waals surface area contributed by atoms with Gasteiger partial charge in [0.2, 0.25) is 5.91 Å². The Kier molecular flexibility index (Phi) is 6.45. The third-order valence-corrected chi connectivity index (χ3v) is 4.69. The second-order valence-electron chi connectivity index (χ2n) is 7.00. The number of amides is 1. The van der Waals surface area contributed by atoms with Crippen LogP contribution in [0.1, 0.15) is 44.2 Å². The van der Waals surface area contributed by atoms with E-state index in [4.69, 9.17) is 16.3 Å². The topological polar surface area (TPSA) is 64.1 Å². The van der Waals surface area contributed by atoms with E-state index in [9.17, 15) is 4.79 Å². The Labute approximate surface area is 164 Å². The van der Waals surface area contributed by atoms with Crippen LogP contribution in [-0.4, -0.2) is 21.9 Å². The average molecular weight is 386 g/mol. The summed E-state index contributed by atoms with van der Waals surface area (Å²) in [5.41, 5.74) is 2.05. The van der Waals surface area contributed by atoms with Gasteiger partial charge in [-0.1, -0.05) is 42.7 Å². The lowest BCUT2D eigenvalue weighted by molar-refractivity contribution is -0.119. The van der Waals surface area contributed by atoms with Crippen LogP contribution in [0.3, 0.4) is 0 Å². The molecular formula is C21H24ClN3O2. The molecule has 0 aliphatic heterocycles. The number of aromatic nitrogens is 2. The maximum atomic E-state index is 11.0. The molecule has 2 aromatic rings. The fourth-order valence-corrected chi connectivity index (χ4v) is 2.99. The first kappa shape index (κ1) is 19.4. The van der Waals surface area contributed by atoms with E-state index in [1.165, 1.54) is 31.7 Å². The van der Waals surface area contributed by atoms with Gasteiger partial charge in [-0.2, -0.15) is 0 Å². The molecule has 5 nitrogen and oxygen atoms in total. The van der Waals surface area contributed by atoms with E-state index in [-0.39, 0.29) is 18.0 Å². The Morgan fingerprint density at radius 2 is 2.11 bits per heavy atom. The first-order chi connectivity index (χ1) is 13.0. The van der Waals surface area contributed by atoms with E-state index in [1.807, 2.05) is 37.3 Å². The van der Waals surface area contributed by atoms with Crippen LogP contribution in [0.4, 0.5) is 0 Å². The molecule has 1 fully saturated rings. The van der Waals surface area contributed by atoms with Crippen LogP contribution in [-0.2, 0) is 11.2 Å². The van der Waals surface area contributed by atoms with Crippen molar-refractivity contribution >= 4 is 23.6 Å². The Morgan fingerprint density at radius 1 is 1.37 bits per heavy atom. The number of hydrogen-bond donors (Lipinski definition) is 1. The largest absolute Gasteiger partial charge is 0.423 e. The zero-order chi connectivity index (χ0) is 19.2. The highest BCUT2D eigenvalue weighted by atomic mass is 35.5. The van der Waals surface area contributed by atoms with Gasteiger partial charge in [0.1, 0.15) is 5.75 Å². The summed E-state index contributed by atoms with van der Waals surface area (Å²) in [6, 6.07) is 6.06. The molecule has 27 heavy (non-hydrogen) atoms. The zero-order valence-electron chi connectivity index (χ0n) is 15.6. The molecule has 1 atom stereocenters. The molecule has 0 bridgehead atoms. The van der Waals surface area contributed by atoms with Gasteiger partial charge in [0, 0.05) is 30.9 Å². The van der Waals surface area contributed by atoms with E-state index < -0.39 is 0 Å². The van der Waals surface area contributed by atoms with Gasteiger partial charge in [-0.05, 0) is 43.4 Å². The minimum atomic E-state index is -0.0671. The van der Waals surface area contributed by atoms with Crippen molar-refractivity contribution in [3.8, 4) is 11.8 Å². The lowest BCUT2D eigenvalue weighted by atomic mass is 10.1. The van der Waals surface area contributed by atoms with E-state index in [0.29, 0.717) is 10.8 Å². The lowest BCUT2D eigenvalue weighted by Crippen LogP contribution is -2.28. The SMILES string of the molecule is CC(=O)N[C@@H](C)/C=C/c1cnc(Oc2ccc(CCC3CC3)cc2Cl)nc1. The summed E-state index contributed by atoms with van der Waals surface area (Å²) in [6.45, 7) is 3.39. The Morgan fingerprint density at radius 3 is 2.74 bits per heavy atom. The van der Waals surface area contributed by atoms with Gasteiger partial charge >= 0.3 is 6.01 Å². The van der Waals surface area contributed by atoms with Crippen LogP contribution in [0.15, 0.2) is 36.7 Å². The number of hydrogen-bond acceptors (Lipinski definition) is 4. The highest BCUT2D eigenvalue weighted by Crippen LogP contribution is 2.35. The van der Waals surface area contributed by atoms with Crippen molar-refractivity contribution in [2.45, 2.75) is 45.6 Å². The molecule has 1 aromatic heterocycles. The lowest BCUT2D eigenvalue weighted by Gasteiger charge is -2.08. The Bertz CT molecular complexity index is 817. The average Bonchev–Trinajstić information content (AvgIpc) is 3.45. The molecule has 0 radical (unpaired) electrons. The number of ether oxygens (including phenoxy) is 1. The number of nitrogens with one attached hydrogen (secondary N) is 1. The highest BCUT2D eigenvalue weighted by molar-refractivity contribution is 6.32. The molecule has 1 aliphatic rings. The summed E-state index contributed by atoms with van der Waals surface area (Å²) in [4.78, 5) is 19.4. The van der Waals surface area contributed by atoms with E-state index in [2.05, 4.69) is 15.3 Å². The van der Waals surface area contributed by atoms with E-state index in [1.54, 1.807) is 12.4 Å². The second-order valence-corrected chi connectivity index (χ2v) is 7.40. The molecule has 0 unspecified atom stereocenters. The number of carbonyl (C=O) groups is 1. The predicted molar refractivity (Wildman–Crippen MR) is 107 cm³/mol. The van der Waals surface area contributed by atoms with Crippen molar-refractivity contribution in [1.29, 1.82) is 0 Å². The molecule has 1 aliphatic carbocycles. The maximum absolute atomic E-state index is 11.0. The van der Waals surface area contributed by atoms with Crippen LogP contribution in [0.25, 0.3) is 6.08 Å². The van der Waals surface area contributed by atoms with Gasteiger partial charge in [-0.3, -0.25) is 4.79 Å². The number of aryl methyl sites for hydroxylation is 1. The normalized spacial score (nSPS) is 14.9. The van der Waals surface area contributed by atoms with Crippen molar-refractivity contribution in [1.82, 2.24) is 15.3 Å². The van der Waals surface area contributed by atoms with Crippen LogP contribution >= 0.6 is 11.6 Å². The van der Waals surface area contributed by atoms with Gasteiger partial charge in [0.15, 0.2) is 0 Å². The first-order valence-corrected chi connectivity index (χ1v) is 9.61. The number of benzene rings is 1. The number of rotatable bonds is 8. The van der Waals surface area contributed by atoms with Crippen molar-refractivity contribution in [2.75, 3.05) is 0 Å². The number of nitrogens with zero attached hydrogens (tertiary/aromatic N) is 2. The van der Waals surface area contributed by atoms with Crippen LogP contribution in [0.2, 0.25) is 5.02 Å². The van der Waals surface area contributed by atoms with Crippen LogP contribution in [0, 0.1) is 5.92 Å². The van der Waals surface area contributed by atoms with Crippen molar-refractivity contribution < 1.29 is 9.53 Å². The van der Waals surface area contributed by atoms with Gasteiger partial charge in [-0.25, -0.2) is 9.97 Å². The summed E-state index contributed by atoms with van der Waals surface area (Å²) in [7, 11) is 0. The summed E-state index contributed by atoms with van der Waals surface area (Å²) >= 11 is 6.34. The fourth-order valence-electron chi connectivity index (χ4n) is 2.75. The zero-order valence-corrected chi connectivity index (χ0v) is 16.4. The van der Waals surface area contributed by atoms with Crippen molar-refractivity contribution in [3.05, 3.63) is 52.8 Å². The molecular weight excluding hydrogens is 362 g/mol. The van der Waals surface area contributed by atoms with Crippen molar-refractivity contribution in [3.63, 3.8) is 0 Å². The Balaban J connectivity index is 1.57. The quantitative estimate of drug-likeness (QED) is 0.708. The maximum Gasteiger partial charge on any atom is 0.321 e. The molecule has 1 amide bonds. The molecule has 0 spiro atoms. The first-order valence-electron chi connectivity index (χ1n) is 9.23. The summed E-state index contributed by atoms with van der Waals surface area (Å²) < 4.78 is 5.70. The third-order valence-electron chi connectivity index (χ3n) is 4.39. The molecule has 1 heterocycles. The highest BCUT2D eigenvalue weighted by Gasteiger charge is 2.20.